The zero-order chi connectivity index (χ0) is 20.5. The smallest absolute Gasteiger partial charge is 0.410 e. The van der Waals surface area contributed by atoms with Crippen molar-refractivity contribution in [1.82, 2.24) is 9.80 Å². The number of carboxylic acid groups (broad SMARTS) is 1. The molecule has 1 fully saturated rings. The first kappa shape index (κ1) is 19.8. The van der Waals surface area contributed by atoms with E-state index in [-0.39, 0.29) is 26.2 Å². The second kappa shape index (κ2) is 7.57. The van der Waals surface area contributed by atoms with E-state index in [2.05, 4.69) is 0 Å². The molecule has 3 rings (SSSR count). The number of carbonyl (C=O) groups is 3. The third-order valence-electron chi connectivity index (χ3n) is 4.38. The zero-order valence-corrected chi connectivity index (χ0v) is 16.1. The summed E-state index contributed by atoms with van der Waals surface area (Å²) < 4.78 is 16.6. The molecule has 152 valence electrons. The van der Waals surface area contributed by atoms with Crippen molar-refractivity contribution in [3.8, 4) is 11.5 Å². The van der Waals surface area contributed by atoms with Gasteiger partial charge in [-0.2, -0.15) is 0 Å². The van der Waals surface area contributed by atoms with Crippen LogP contribution in [0.15, 0.2) is 24.3 Å². The lowest BCUT2D eigenvalue weighted by Crippen LogP contribution is -2.62. The van der Waals surface area contributed by atoms with E-state index >= 15 is 0 Å². The van der Waals surface area contributed by atoms with E-state index in [0.29, 0.717) is 11.5 Å². The molecule has 1 saturated heterocycles. The van der Waals surface area contributed by atoms with E-state index in [0.717, 1.165) is 0 Å². The number of aliphatic carboxylic acids is 1. The van der Waals surface area contributed by atoms with Crippen LogP contribution in [-0.4, -0.2) is 76.9 Å². The van der Waals surface area contributed by atoms with Gasteiger partial charge >= 0.3 is 12.1 Å². The van der Waals surface area contributed by atoms with Crippen LogP contribution in [0.2, 0.25) is 0 Å². The van der Waals surface area contributed by atoms with Crippen molar-refractivity contribution in [1.29, 1.82) is 0 Å². The molecule has 1 aromatic carbocycles. The maximum absolute atomic E-state index is 12.9. The molecule has 2 amide bonds. The number of carbonyl (C=O) groups excluding carboxylic acids is 2. The molecule has 1 N–H and O–H groups in total. The fourth-order valence-electron chi connectivity index (χ4n) is 3.08. The Kier molecular flexibility index (Phi) is 5.35. The highest BCUT2D eigenvalue weighted by Gasteiger charge is 2.42. The van der Waals surface area contributed by atoms with Gasteiger partial charge in [0.25, 0.3) is 5.91 Å². The molecule has 2 heterocycles. The number of nitrogens with zero attached hydrogens (tertiary/aromatic N) is 2. The molecule has 9 nitrogen and oxygen atoms in total. The molecular weight excluding hydrogens is 368 g/mol. The molecule has 1 aromatic rings. The first-order valence-corrected chi connectivity index (χ1v) is 9.05. The Hall–Kier alpha value is -2.97. The summed E-state index contributed by atoms with van der Waals surface area (Å²) in [6.45, 7) is 5.28. The highest BCUT2D eigenvalue weighted by molar-refractivity contribution is 5.88. The summed E-state index contributed by atoms with van der Waals surface area (Å²) in [7, 11) is 0. The van der Waals surface area contributed by atoms with Crippen LogP contribution in [0, 0.1) is 0 Å². The quantitative estimate of drug-likeness (QED) is 0.810. The Morgan fingerprint density at radius 3 is 2.46 bits per heavy atom. The average Bonchev–Trinajstić information content (AvgIpc) is 2.65. The molecule has 28 heavy (non-hydrogen) atoms. The number of benzene rings is 1. The molecule has 2 aliphatic heterocycles. The summed E-state index contributed by atoms with van der Waals surface area (Å²) in [6, 6.07) is 5.78. The molecule has 0 radical (unpaired) electrons. The number of hydrogen-bond acceptors (Lipinski definition) is 6. The van der Waals surface area contributed by atoms with E-state index in [1.165, 1.54) is 9.80 Å². The monoisotopic (exact) mass is 392 g/mol. The second-order valence-corrected chi connectivity index (χ2v) is 7.68. The third-order valence-corrected chi connectivity index (χ3v) is 4.38. The molecule has 2 atom stereocenters. The Labute approximate surface area is 162 Å². The molecule has 9 heteroatoms. The molecule has 0 unspecified atom stereocenters. The van der Waals surface area contributed by atoms with Gasteiger partial charge in [0.2, 0.25) is 6.10 Å². The van der Waals surface area contributed by atoms with E-state index in [1.54, 1.807) is 45.0 Å². The fourth-order valence-corrected chi connectivity index (χ4v) is 3.08. The lowest BCUT2D eigenvalue weighted by atomic mass is 10.1. The zero-order valence-electron chi connectivity index (χ0n) is 16.1. The number of fused-ring (bicyclic) bond motifs is 1. The summed E-state index contributed by atoms with van der Waals surface area (Å²) in [5.74, 6) is -0.702. The summed E-state index contributed by atoms with van der Waals surface area (Å²) >= 11 is 0. The van der Waals surface area contributed by atoms with Crippen molar-refractivity contribution in [3.63, 3.8) is 0 Å². The number of amides is 2. The maximum Gasteiger partial charge on any atom is 0.410 e. The van der Waals surface area contributed by atoms with Gasteiger partial charge in [-0.15, -0.1) is 0 Å². The minimum Gasteiger partial charge on any atom is -0.485 e. The number of para-hydroxylation sites is 2. The van der Waals surface area contributed by atoms with Crippen LogP contribution < -0.4 is 9.47 Å². The van der Waals surface area contributed by atoms with Crippen molar-refractivity contribution in [3.05, 3.63) is 24.3 Å². The van der Waals surface area contributed by atoms with Crippen LogP contribution in [0.5, 0.6) is 11.5 Å². The number of ether oxygens (including phenoxy) is 3. The van der Waals surface area contributed by atoms with Crippen molar-refractivity contribution in [2.75, 3.05) is 26.2 Å². The van der Waals surface area contributed by atoms with Crippen LogP contribution in [0.4, 0.5) is 4.79 Å². The molecule has 0 aliphatic carbocycles. The summed E-state index contributed by atoms with van der Waals surface area (Å²) in [5, 5.41) is 9.60. The van der Waals surface area contributed by atoms with E-state index in [9.17, 15) is 19.5 Å². The Balaban J connectivity index is 1.69. The summed E-state index contributed by atoms with van der Waals surface area (Å²) in [5.41, 5.74) is -0.691. The predicted octanol–water partition coefficient (Wildman–Crippen LogP) is 1.36. The topological polar surface area (TPSA) is 106 Å². The SMILES string of the molecule is CC(C)(C)OC(=O)N1CCN(C(=O)[C@@H]2COc3ccccc3O2)[C@H](C(=O)O)C1. The molecule has 2 aliphatic rings. The van der Waals surface area contributed by atoms with Gasteiger partial charge in [0.1, 0.15) is 18.2 Å². The summed E-state index contributed by atoms with van der Waals surface area (Å²) in [4.78, 5) is 39.5. The van der Waals surface area contributed by atoms with Crippen LogP contribution in [-0.2, 0) is 14.3 Å². The highest BCUT2D eigenvalue weighted by atomic mass is 16.6. The molecule has 0 saturated carbocycles. The van der Waals surface area contributed by atoms with Crippen LogP contribution in [0.25, 0.3) is 0 Å². The van der Waals surface area contributed by atoms with Gasteiger partial charge in [-0.1, -0.05) is 12.1 Å². The number of carboxylic acids is 1. The predicted molar refractivity (Wildman–Crippen MR) is 97.3 cm³/mol. The maximum atomic E-state index is 12.9. The Bertz CT molecular complexity index is 774. The van der Waals surface area contributed by atoms with Gasteiger partial charge in [-0.05, 0) is 32.9 Å². The van der Waals surface area contributed by atoms with Gasteiger partial charge < -0.3 is 29.1 Å². The van der Waals surface area contributed by atoms with Crippen LogP contribution in [0.1, 0.15) is 20.8 Å². The van der Waals surface area contributed by atoms with Gasteiger partial charge in [-0.3, -0.25) is 4.79 Å². The normalized spacial score (nSPS) is 21.8. The first-order valence-electron chi connectivity index (χ1n) is 9.05. The lowest BCUT2D eigenvalue weighted by Gasteiger charge is -2.41. The van der Waals surface area contributed by atoms with Gasteiger partial charge in [0.05, 0.1) is 6.54 Å². The minimum absolute atomic E-state index is 0.00549. The molecule has 0 aromatic heterocycles. The third kappa shape index (κ3) is 4.29. The first-order chi connectivity index (χ1) is 13.2. The summed E-state index contributed by atoms with van der Waals surface area (Å²) in [6.07, 6.45) is -1.54. The number of rotatable bonds is 2. The molecule has 0 spiro atoms. The Morgan fingerprint density at radius 1 is 1.14 bits per heavy atom. The highest BCUT2D eigenvalue weighted by Crippen LogP contribution is 2.31. The number of piperazine rings is 1. The molecule has 0 bridgehead atoms. The van der Waals surface area contributed by atoms with Crippen molar-refractivity contribution < 1.29 is 33.7 Å². The largest absolute Gasteiger partial charge is 0.485 e. The van der Waals surface area contributed by atoms with E-state index < -0.39 is 35.7 Å². The van der Waals surface area contributed by atoms with Crippen molar-refractivity contribution >= 4 is 18.0 Å². The van der Waals surface area contributed by atoms with Gasteiger partial charge in [0.15, 0.2) is 11.5 Å². The van der Waals surface area contributed by atoms with Crippen molar-refractivity contribution in [2.45, 2.75) is 38.5 Å². The van der Waals surface area contributed by atoms with Gasteiger partial charge in [-0.25, -0.2) is 9.59 Å². The fraction of sp³-hybridized carbons (Fsp3) is 0.526. The van der Waals surface area contributed by atoms with Gasteiger partial charge in [0, 0.05) is 13.1 Å². The lowest BCUT2D eigenvalue weighted by molar-refractivity contribution is -0.158. The van der Waals surface area contributed by atoms with E-state index in [4.69, 9.17) is 14.2 Å². The second-order valence-electron chi connectivity index (χ2n) is 7.68. The van der Waals surface area contributed by atoms with Crippen LogP contribution in [0.3, 0.4) is 0 Å². The Morgan fingerprint density at radius 2 is 1.82 bits per heavy atom. The average molecular weight is 392 g/mol. The minimum atomic E-state index is -1.20. The van der Waals surface area contributed by atoms with Crippen LogP contribution >= 0.6 is 0 Å². The van der Waals surface area contributed by atoms with E-state index in [1.807, 2.05) is 0 Å². The molecular formula is C19H24N2O7. The van der Waals surface area contributed by atoms with Crippen molar-refractivity contribution in [2.24, 2.45) is 0 Å². The standard InChI is InChI=1S/C19H24N2O7/c1-19(2,3)28-18(25)20-8-9-21(12(10-20)17(23)24)16(22)15-11-26-13-6-4-5-7-14(13)27-15/h4-7,12,15H,8-11H2,1-3H3,(H,23,24)/t12-,15-/m0/s1. The number of hydrogen-bond donors (Lipinski definition) is 1.